The molecule has 3 aromatic carbocycles. The molecule has 0 unspecified atom stereocenters. The Bertz CT molecular complexity index is 1260. The maximum atomic E-state index is 6.17. The van der Waals surface area contributed by atoms with Crippen LogP contribution in [0.1, 0.15) is 11.1 Å². The normalized spacial score (nSPS) is 13.9. The van der Waals surface area contributed by atoms with Crippen LogP contribution in [-0.2, 0) is 17.8 Å². The third kappa shape index (κ3) is 6.90. The number of methoxy groups -OCH3 is 1. The summed E-state index contributed by atoms with van der Waals surface area (Å²) in [6.07, 6.45) is 5.59. The largest absolute Gasteiger partial charge is 0.497 e. The lowest BCUT2D eigenvalue weighted by Crippen LogP contribution is -2.38. The third-order valence-electron chi connectivity index (χ3n) is 6.56. The van der Waals surface area contributed by atoms with Crippen molar-refractivity contribution in [3.8, 4) is 17.2 Å². The highest BCUT2D eigenvalue weighted by molar-refractivity contribution is 5.52. The fraction of sp³-hybridized carbons (Fsp3) is 0.300. The minimum Gasteiger partial charge on any atom is -0.497 e. The molecule has 7 heteroatoms. The summed E-state index contributed by atoms with van der Waals surface area (Å²) in [7, 11) is 1.70. The molecule has 0 atom stereocenters. The molecule has 5 rings (SSSR count). The molecule has 0 radical (unpaired) electrons. The summed E-state index contributed by atoms with van der Waals surface area (Å²) in [5, 5.41) is 0. The number of nitrogens with zero attached hydrogens (tertiary/aromatic N) is 4. The average molecular weight is 499 g/mol. The van der Waals surface area contributed by atoms with E-state index in [-0.39, 0.29) is 0 Å². The lowest BCUT2D eigenvalue weighted by atomic mass is 10.1. The standard InChI is InChI=1S/C30H34N4O3/c1-35-29-9-3-6-26(20-29)23-34(22-25-5-2-7-27(19-25)33-12-11-31-24-33)28-8-4-10-30(21-28)37-18-15-32-13-16-36-17-14-32/h2-12,19-21,24H,13-18,22-23H2,1H3. The highest BCUT2D eigenvalue weighted by Crippen LogP contribution is 2.26. The van der Waals surface area contributed by atoms with Crippen LogP contribution >= 0.6 is 0 Å². The smallest absolute Gasteiger partial charge is 0.121 e. The summed E-state index contributed by atoms with van der Waals surface area (Å²) >= 11 is 0. The zero-order chi connectivity index (χ0) is 25.3. The van der Waals surface area contributed by atoms with E-state index >= 15 is 0 Å². The number of anilines is 1. The zero-order valence-electron chi connectivity index (χ0n) is 21.3. The SMILES string of the molecule is COc1cccc(CN(Cc2cccc(-n3ccnc3)c2)c2cccc(OCCN3CCOCC3)c2)c1. The van der Waals surface area contributed by atoms with Gasteiger partial charge in [-0.25, -0.2) is 4.98 Å². The minimum absolute atomic E-state index is 0.659. The Labute approximate surface area is 218 Å². The van der Waals surface area contributed by atoms with E-state index in [0.717, 1.165) is 68.8 Å². The van der Waals surface area contributed by atoms with E-state index in [1.165, 1.54) is 11.1 Å². The van der Waals surface area contributed by atoms with Crippen molar-refractivity contribution in [3.05, 3.63) is 103 Å². The second-order valence-electron chi connectivity index (χ2n) is 9.15. The van der Waals surface area contributed by atoms with Crippen LogP contribution < -0.4 is 14.4 Å². The molecular weight excluding hydrogens is 464 g/mol. The third-order valence-corrected chi connectivity index (χ3v) is 6.56. The van der Waals surface area contributed by atoms with Crippen LogP contribution in [0.5, 0.6) is 11.5 Å². The van der Waals surface area contributed by atoms with Gasteiger partial charge in [-0.1, -0.05) is 30.3 Å². The van der Waals surface area contributed by atoms with Crippen molar-refractivity contribution in [3.63, 3.8) is 0 Å². The predicted octanol–water partition coefficient (Wildman–Crippen LogP) is 4.80. The maximum absolute atomic E-state index is 6.17. The lowest BCUT2D eigenvalue weighted by molar-refractivity contribution is 0.0322. The van der Waals surface area contributed by atoms with Gasteiger partial charge >= 0.3 is 0 Å². The van der Waals surface area contributed by atoms with Crippen molar-refractivity contribution < 1.29 is 14.2 Å². The van der Waals surface area contributed by atoms with Crippen LogP contribution in [0.3, 0.4) is 0 Å². The highest BCUT2D eigenvalue weighted by Gasteiger charge is 2.13. The molecule has 0 spiro atoms. The molecule has 0 saturated carbocycles. The number of rotatable bonds is 11. The summed E-state index contributed by atoms with van der Waals surface area (Å²) in [5.74, 6) is 1.74. The fourth-order valence-corrected chi connectivity index (χ4v) is 4.56. The van der Waals surface area contributed by atoms with E-state index in [1.54, 1.807) is 13.3 Å². The van der Waals surface area contributed by atoms with Gasteiger partial charge in [-0.05, 0) is 47.5 Å². The monoisotopic (exact) mass is 498 g/mol. The van der Waals surface area contributed by atoms with Gasteiger partial charge in [0, 0.05) is 62.6 Å². The van der Waals surface area contributed by atoms with E-state index in [1.807, 2.05) is 35.3 Å². The molecule has 1 saturated heterocycles. The van der Waals surface area contributed by atoms with Gasteiger partial charge in [0.2, 0.25) is 0 Å². The number of ether oxygens (including phenoxy) is 3. The summed E-state index contributed by atoms with van der Waals surface area (Å²) in [4.78, 5) is 8.95. The first kappa shape index (κ1) is 24.9. The molecule has 1 aliphatic rings. The Kier molecular flexibility index (Phi) is 8.35. The topological polar surface area (TPSA) is 52.0 Å². The van der Waals surface area contributed by atoms with Crippen molar-refractivity contribution in [2.24, 2.45) is 0 Å². The Balaban J connectivity index is 1.35. The molecule has 7 nitrogen and oxygen atoms in total. The van der Waals surface area contributed by atoms with Gasteiger partial charge in [-0.3, -0.25) is 4.90 Å². The Morgan fingerprint density at radius 3 is 2.43 bits per heavy atom. The Morgan fingerprint density at radius 1 is 0.892 bits per heavy atom. The quantitative estimate of drug-likeness (QED) is 0.296. The molecule has 0 bridgehead atoms. The molecular formula is C30H34N4O3. The molecule has 0 amide bonds. The zero-order valence-corrected chi connectivity index (χ0v) is 21.3. The summed E-state index contributed by atoms with van der Waals surface area (Å²) < 4.78 is 19.1. The maximum Gasteiger partial charge on any atom is 0.121 e. The van der Waals surface area contributed by atoms with E-state index in [2.05, 4.69) is 69.4 Å². The van der Waals surface area contributed by atoms with Crippen molar-refractivity contribution in [2.45, 2.75) is 13.1 Å². The highest BCUT2D eigenvalue weighted by atomic mass is 16.5. The van der Waals surface area contributed by atoms with E-state index < -0.39 is 0 Å². The van der Waals surface area contributed by atoms with Gasteiger partial charge < -0.3 is 23.7 Å². The Morgan fingerprint density at radius 2 is 1.65 bits per heavy atom. The summed E-state index contributed by atoms with van der Waals surface area (Å²) in [6, 6.07) is 25.2. The molecule has 0 aliphatic carbocycles. The van der Waals surface area contributed by atoms with Crippen molar-refractivity contribution in [1.29, 1.82) is 0 Å². The first-order valence-corrected chi connectivity index (χ1v) is 12.7. The first-order chi connectivity index (χ1) is 18.3. The van der Waals surface area contributed by atoms with Gasteiger partial charge in [0.05, 0.1) is 26.7 Å². The van der Waals surface area contributed by atoms with Crippen LogP contribution in [0.25, 0.3) is 5.69 Å². The number of morpholine rings is 1. The van der Waals surface area contributed by atoms with Crippen LogP contribution in [0, 0.1) is 0 Å². The van der Waals surface area contributed by atoms with E-state index in [4.69, 9.17) is 14.2 Å². The van der Waals surface area contributed by atoms with Crippen LogP contribution in [0.15, 0.2) is 91.5 Å². The lowest BCUT2D eigenvalue weighted by Gasteiger charge is -2.27. The minimum atomic E-state index is 0.659. The molecule has 37 heavy (non-hydrogen) atoms. The summed E-state index contributed by atoms with van der Waals surface area (Å²) in [6.45, 7) is 6.59. The molecule has 4 aromatic rings. The molecule has 1 aliphatic heterocycles. The van der Waals surface area contributed by atoms with Crippen LogP contribution in [0.2, 0.25) is 0 Å². The number of hydrogen-bond donors (Lipinski definition) is 0. The average Bonchev–Trinajstić information content (AvgIpc) is 3.49. The Hall–Kier alpha value is -3.81. The van der Waals surface area contributed by atoms with Crippen molar-refractivity contribution in [1.82, 2.24) is 14.5 Å². The molecule has 192 valence electrons. The van der Waals surface area contributed by atoms with Gasteiger partial charge in [0.15, 0.2) is 0 Å². The second-order valence-corrected chi connectivity index (χ2v) is 9.15. The second kappa shape index (κ2) is 12.4. The number of aromatic nitrogens is 2. The van der Waals surface area contributed by atoms with E-state index in [0.29, 0.717) is 6.61 Å². The van der Waals surface area contributed by atoms with Crippen LogP contribution in [0.4, 0.5) is 5.69 Å². The number of hydrogen-bond acceptors (Lipinski definition) is 6. The first-order valence-electron chi connectivity index (χ1n) is 12.7. The van der Waals surface area contributed by atoms with Gasteiger partial charge in [-0.15, -0.1) is 0 Å². The summed E-state index contributed by atoms with van der Waals surface area (Å²) in [5.41, 5.74) is 4.60. The fourth-order valence-electron chi connectivity index (χ4n) is 4.56. The van der Waals surface area contributed by atoms with Crippen LogP contribution in [-0.4, -0.2) is 61.0 Å². The van der Waals surface area contributed by atoms with Crippen molar-refractivity contribution >= 4 is 5.69 Å². The van der Waals surface area contributed by atoms with Gasteiger partial charge in [-0.2, -0.15) is 0 Å². The molecule has 1 aromatic heterocycles. The number of imidazole rings is 1. The molecule has 1 fully saturated rings. The number of benzene rings is 3. The van der Waals surface area contributed by atoms with Gasteiger partial charge in [0.25, 0.3) is 0 Å². The van der Waals surface area contributed by atoms with Crippen molar-refractivity contribution in [2.75, 3.05) is 51.5 Å². The molecule has 2 heterocycles. The van der Waals surface area contributed by atoms with Gasteiger partial charge in [0.1, 0.15) is 18.1 Å². The van der Waals surface area contributed by atoms with E-state index in [9.17, 15) is 0 Å². The molecule has 0 N–H and O–H groups in total. The predicted molar refractivity (Wildman–Crippen MR) is 146 cm³/mol.